The van der Waals surface area contributed by atoms with Crippen LogP contribution in [0.1, 0.15) is 35.8 Å². The molecule has 1 aromatic carbocycles. The molecule has 2 aromatic rings. The molecular weight excluding hydrogens is 469 g/mol. The predicted molar refractivity (Wildman–Crippen MR) is 121 cm³/mol. The summed E-state index contributed by atoms with van der Waals surface area (Å²) in [6, 6.07) is 7.92. The number of aliphatic hydroxyl groups is 1. The summed E-state index contributed by atoms with van der Waals surface area (Å²) in [5.74, 6) is 0.807. The number of benzene rings is 1. The van der Waals surface area contributed by atoms with Crippen molar-refractivity contribution in [2.45, 2.75) is 26.1 Å². The maximum atomic E-state index is 10.5. The topological polar surface area (TPSA) is 74.9 Å². The number of hydrogen-bond donors (Lipinski definition) is 2. The van der Waals surface area contributed by atoms with Crippen molar-refractivity contribution in [3.63, 3.8) is 0 Å². The van der Waals surface area contributed by atoms with Crippen molar-refractivity contribution >= 4 is 29.9 Å². The average Bonchev–Trinajstić information content (AvgIpc) is 3.11. The number of halogens is 1. The Kier molecular flexibility index (Phi) is 8.71. The number of ether oxygens (including phenoxy) is 1. The lowest BCUT2D eigenvalue weighted by Crippen LogP contribution is -2.48. The number of rotatable bonds is 5. The van der Waals surface area contributed by atoms with Crippen LogP contribution in [0.3, 0.4) is 0 Å². The number of nitrogens with one attached hydrogen (secondary N) is 1. The average molecular weight is 499 g/mol. The first kappa shape index (κ1) is 22.6. The molecule has 1 aliphatic heterocycles. The van der Waals surface area contributed by atoms with Gasteiger partial charge < -0.3 is 20.1 Å². The number of aryl methyl sites for hydroxylation is 2. The predicted octanol–water partition coefficient (Wildman–Crippen LogP) is 2.42. The highest BCUT2D eigenvalue weighted by Gasteiger charge is 2.25. The second-order valence-corrected chi connectivity index (χ2v) is 6.88. The van der Waals surface area contributed by atoms with Gasteiger partial charge in [0.15, 0.2) is 5.96 Å². The number of nitrogens with zero attached hydrogens (tertiary/aromatic N) is 4. The van der Waals surface area contributed by atoms with Gasteiger partial charge in [0.1, 0.15) is 6.10 Å². The molecule has 0 bridgehead atoms. The standard InChI is InChI=1S/C20H29N5O2.HI/c1-4-21-20(22-12-18(26)16-7-5-6-15(2)10-16)25-8-9-27-19(14-25)17-11-23-24(3)13-17;/h5-7,10-11,13,18-19,26H,4,8-9,12,14H2,1-3H3,(H,21,22);1H. The lowest BCUT2D eigenvalue weighted by molar-refractivity contribution is -0.00811. The summed E-state index contributed by atoms with van der Waals surface area (Å²) in [6.45, 7) is 7.27. The number of aliphatic imine (C=N–C) groups is 1. The summed E-state index contributed by atoms with van der Waals surface area (Å²) in [4.78, 5) is 6.87. The fourth-order valence-corrected chi connectivity index (χ4v) is 3.23. The summed E-state index contributed by atoms with van der Waals surface area (Å²) >= 11 is 0. The monoisotopic (exact) mass is 499 g/mol. The summed E-state index contributed by atoms with van der Waals surface area (Å²) in [7, 11) is 1.91. The molecule has 0 aliphatic carbocycles. The highest BCUT2D eigenvalue weighted by molar-refractivity contribution is 14.0. The van der Waals surface area contributed by atoms with E-state index in [4.69, 9.17) is 4.74 Å². The lowest BCUT2D eigenvalue weighted by atomic mass is 10.1. The number of hydrogen-bond acceptors (Lipinski definition) is 4. The van der Waals surface area contributed by atoms with E-state index in [1.807, 2.05) is 57.6 Å². The Morgan fingerprint density at radius 3 is 2.96 bits per heavy atom. The highest BCUT2D eigenvalue weighted by Crippen LogP contribution is 2.22. The Labute approximate surface area is 183 Å². The molecule has 2 heterocycles. The van der Waals surface area contributed by atoms with Crippen LogP contribution >= 0.6 is 24.0 Å². The molecule has 2 N–H and O–H groups in total. The zero-order chi connectivity index (χ0) is 19.2. The van der Waals surface area contributed by atoms with E-state index in [9.17, 15) is 5.11 Å². The molecule has 0 spiro atoms. The van der Waals surface area contributed by atoms with E-state index in [0.717, 1.165) is 35.7 Å². The quantitative estimate of drug-likeness (QED) is 0.376. The van der Waals surface area contributed by atoms with Crippen LogP contribution in [-0.4, -0.2) is 58.5 Å². The van der Waals surface area contributed by atoms with Crippen LogP contribution < -0.4 is 5.32 Å². The molecule has 1 aliphatic rings. The summed E-state index contributed by atoms with van der Waals surface area (Å²) < 4.78 is 7.70. The van der Waals surface area contributed by atoms with Gasteiger partial charge in [0.25, 0.3) is 0 Å². The molecule has 28 heavy (non-hydrogen) atoms. The van der Waals surface area contributed by atoms with Gasteiger partial charge in [-0.2, -0.15) is 5.10 Å². The third-order valence-electron chi connectivity index (χ3n) is 4.64. The fourth-order valence-electron chi connectivity index (χ4n) is 3.23. The molecule has 2 atom stereocenters. The zero-order valence-electron chi connectivity index (χ0n) is 16.7. The van der Waals surface area contributed by atoms with E-state index < -0.39 is 6.10 Å². The van der Waals surface area contributed by atoms with Crippen LogP contribution in [0.2, 0.25) is 0 Å². The van der Waals surface area contributed by atoms with Gasteiger partial charge in [-0.15, -0.1) is 24.0 Å². The van der Waals surface area contributed by atoms with Crippen molar-refractivity contribution < 1.29 is 9.84 Å². The largest absolute Gasteiger partial charge is 0.386 e. The molecule has 8 heteroatoms. The van der Waals surface area contributed by atoms with Gasteiger partial charge in [-0.05, 0) is 19.4 Å². The van der Waals surface area contributed by atoms with E-state index in [1.165, 1.54) is 0 Å². The van der Waals surface area contributed by atoms with Gasteiger partial charge in [-0.1, -0.05) is 29.8 Å². The Balaban J connectivity index is 0.00000280. The minimum absolute atomic E-state index is 0. The van der Waals surface area contributed by atoms with Gasteiger partial charge in [0.05, 0.1) is 32.0 Å². The van der Waals surface area contributed by atoms with Gasteiger partial charge in [0.2, 0.25) is 0 Å². The minimum Gasteiger partial charge on any atom is -0.386 e. The van der Waals surface area contributed by atoms with Crippen molar-refractivity contribution in [3.8, 4) is 0 Å². The van der Waals surface area contributed by atoms with Gasteiger partial charge in [-0.25, -0.2) is 0 Å². The zero-order valence-corrected chi connectivity index (χ0v) is 19.0. The summed E-state index contributed by atoms with van der Waals surface area (Å²) in [6.07, 6.45) is 3.19. The number of aliphatic hydroxyl groups excluding tert-OH is 1. The summed E-state index contributed by atoms with van der Waals surface area (Å²) in [5, 5.41) is 18.1. The molecular formula is C20H30IN5O2. The summed E-state index contributed by atoms with van der Waals surface area (Å²) in [5.41, 5.74) is 3.09. The van der Waals surface area contributed by atoms with Crippen LogP contribution in [-0.2, 0) is 11.8 Å². The molecule has 0 radical (unpaired) electrons. The van der Waals surface area contributed by atoms with Crippen molar-refractivity contribution in [3.05, 3.63) is 53.3 Å². The molecule has 154 valence electrons. The maximum Gasteiger partial charge on any atom is 0.194 e. The van der Waals surface area contributed by atoms with Crippen LogP contribution in [0.25, 0.3) is 0 Å². The molecule has 1 saturated heterocycles. The van der Waals surface area contributed by atoms with Crippen LogP contribution in [0.4, 0.5) is 0 Å². The molecule has 0 saturated carbocycles. The first-order valence-electron chi connectivity index (χ1n) is 9.45. The maximum absolute atomic E-state index is 10.5. The van der Waals surface area contributed by atoms with E-state index in [1.54, 1.807) is 4.68 Å². The van der Waals surface area contributed by atoms with E-state index >= 15 is 0 Å². The molecule has 2 unspecified atom stereocenters. The van der Waals surface area contributed by atoms with E-state index in [0.29, 0.717) is 19.7 Å². The number of morpholine rings is 1. The fraction of sp³-hybridized carbons (Fsp3) is 0.500. The Morgan fingerprint density at radius 1 is 1.46 bits per heavy atom. The highest BCUT2D eigenvalue weighted by atomic mass is 127. The van der Waals surface area contributed by atoms with Crippen LogP contribution in [0.5, 0.6) is 0 Å². The first-order valence-corrected chi connectivity index (χ1v) is 9.45. The number of guanidine groups is 1. The van der Waals surface area contributed by atoms with Gasteiger partial charge in [0, 0.05) is 31.9 Å². The van der Waals surface area contributed by atoms with Crippen LogP contribution in [0, 0.1) is 6.92 Å². The third kappa shape index (κ3) is 5.92. The molecule has 3 rings (SSSR count). The molecule has 1 aromatic heterocycles. The lowest BCUT2D eigenvalue weighted by Gasteiger charge is -2.35. The third-order valence-corrected chi connectivity index (χ3v) is 4.64. The van der Waals surface area contributed by atoms with E-state index in [2.05, 4.69) is 20.3 Å². The molecule has 1 fully saturated rings. The van der Waals surface area contributed by atoms with Crippen molar-refractivity contribution in [1.29, 1.82) is 0 Å². The van der Waals surface area contributed by atoms with Gasteiger partial charge >= 0.3 is 0 Å². The Hall–Kier alpha value is -1.65. The molecule has 7 nitrogen and oxygen atoms in total. The normalized spacial score (nSPS) is 18.5. The molecule has 0 amide bonds. The number of aromatic nitrogens is 2. The first-order chi connectivity index (χ1) is 13.1. The van der Waals surface area contributed by atoms with Crippen LogP contribution in [0.15, 0.2) is 41.7 Å². The Bertz CT molecular complexity index is 779. The second kappa shape index (κ2) is 10.8. The minimum atomic E-state index is -0.617. The van der Waals surface area contributed by atoms with Gasteiger partial charge in [-0.3, -0.25) is 9.67 Å². The smallest absolute Gasteiger partial charge is 0.194 e. The van der Waals surface area contributed by atoms with Crippen molar-refractivity contribution in [1.82, 2.24) is 20.0 Å². The SMILES string of the molecule is CCNC(=NCC(O)c1cccc(C)c1)N1CCOC(c2cnn(C)c2)C1.I. The Morgan fingerprint density at radius 2 is 2.29 bits per heavy atom. The van der Waals surface area contributed by atoms with E-state index in [-0.39, 0.29) is 30.1 Å². The second-order valence-electron chi connectivity index (χ2n) is 6.88. The van der Waals surface area contributed by atoms with Crippen molar-refractivity contribution in [2.75, 3.05) is 32.8 Å². The van der Waals surface area contributed by atoms with Crippen molar-refractivity contribution in [2.24, 2.45) is 12.0 Å².